The number of carbonyl (C=O) groups excluding carboxylic acids is 1. The predicted octanol–water partition coefficient (Wildman–Crippen LogP) is 5.75. The Morgan fingerprint density at radius 3 is 2.32 bits per heavy atom. The molecule has 0 atom stereocenters. The molecule has 3 aromatic rings. The fourth-order valence-corrected chi connectivity index (χ4v) is 2.91. The van der Waals surface area contributed by atoms with Crippen molar-refractivity contribution in [3.63, 3.8) is 0 Å². The van der Waals surface area contributed by atoms with Crippen LogP contribution in [0, 0.1) is 0 Å². The van der Waals surface area contributed by atoms with Crippen molar-refractivity contribution in [3.8, 4) is 22.6 Å². The molecule has 0 aliphatic carbocycles. The monoisotopic (exact) mass is 416 g/mol. The van der Waals surface area contributed by atoms with Gasteiger partial charge in [0.15, 0.2) is 6.61 Å². The van der Waals surface area contributed by atoms with Crippen LogP contribution in [-0.2, 0) is 4.79 Å². The molecule has 3 aromatic carbocycles. The average molecular weight is 418 g/mol. The van der Waals surface area contributed by atoms with Crippen molar-refractivity contribution in [2.24, 2.45) is 0 Å². The number of halogens is 2. The number of rotatable bonds is 5. The van der Waals surface area contributed by atoms with Gasteiger partial charge in [-0.15, -0.1) is 0 Å². The lowest BCUT2D eigenvalue weighted by Gasteiger charge is -2.10. The molecule has 0 unspecified atom stereocenters. The molecule has 126 valence electrons. The maximum atomic E-state index is 11.9. The van der Waals surface area contributed by atoms with E-state index in [1.54, 1.807) is 24.3 Å². The minimum atomic E-state index is -0.521. The lowest BCUT2D eigenvalue weighted by molar-refractivity contribution is -0.136. The van der Waals surface area contributed by atoms with Crippen LogP contribution >= 0.6 is 27.5 Å². The zero-order chi connectivity index (χ0) is 17.6. The smallest absolute Gasteiger partial charge is 0.349 e. The molecule has 0 amide bonds. The molecule has 0 saturated carbocycles. The van der Waals surface area contributed by atoms with Crippen LogP contribution in [0.1, 0.15) is 0 Å². The van der Waals surface area contributed by atoms with E-state index in [2.05, 4.69) is 15.9 Å². The van der Waals surface area contributed by atoms with Gasteiger partial charge >= 0.3 is 5.97 Å². The van der Waals surface area contributed by atoms with Gasteiger partial charge in [-0.3, -0.25) is 0 Å². The summed E-state index contributed by atoms with van der Waals surface area (Å²) in [5.74, 6) is 0.360. The molecule has 0 fully saturated rings. The van der Waals surface area contributed by atoms with Gasteiger partial charge in [-0.25, -0.2) is 4.79 Å². The Morgan fingerprint density at radius 1 is 0.880 bits per heavy atom. The van der Waals surface area contributed by atoms with E-state index < -0.39 is 5.97 Å². The van der Waals surface area contributed by atoms with Gasteiger partial charge in [0.25, 0.3) is 0 Å². The second-order valence-electron chi connectivity index (χ2n) is 5.20. The van der Waals surface area contributed by atoms with E-state index in [9.17, 15) is 4.79 Å². The third-order valence-electron chi connectivity index (χ3n) is 3.44. The van der Waals surface area contributed by atoms with Gasteiger partial charge in [-0.2, -0.15) is 0 Å². The molecule has 0 saturated heterocycles. The van der Waals surface area contributed by atoms with E-state index in [1.807, 2.05) is 48.5 Å². The first-order valence-electron chi connectivity index (χ1n) is 7.56. The highest BCUT2D eigenvalue weighted by Crippen LogP contribution is 2.31. The lowest BCUT2D eigenvalue weighted by atomic mass is 10.1. The summed E-state index contributed by atoms with van der Waals surface area (Å²) < 4.78 is 11.5. The van der Waals surface area contributed by atoms with E-state index in [0.717, 1.165) is 15.6 Å². The van der Waals surface area contributed by atoms with Gasteiger partial charge in [0.1, 0.15) is 11.5 Å². The van der Waals surface area contributed by atoms with Crippen molar-refractivity contribution in [1.82, 2.24) is 0 Å². The Bertz CT molecular complexity index is 881. The van der Waals surface area contributed by atoms with E-state index >= 15 is 0 Å². The van der Waals surface area contributed by atoms with Gasteiger partial charge < -0.3 is 9.47 Å². The van der Waals surface area contributed by atoms with E-state index in [-0.39, 0.29) is 6.61 Å². The number of hydrogen-bond donors (Lipinski definition) is 0. The first-order chi connectivity index (χ1) is 12.1. The molecule has 5 heteroatoms. The van der Waals surface area contributed by atoms with Crippen molar-refractivity contribution >= 4 is 33.5 Å². The first-order valence-corrected chi connectivity index (χ1v) is 8.73. The van der Waals surface area contributed by atoms with Crippen molar-refractivity contribution in [2.75, 3.05) is 6.61 Å². The average Bonchev–Trinajstić information content (AvgIpc) is 2.63. The highest BCUT2D eigenvalue weighted by atomic mass is 79.9. The topological polar surface area (TPSA) is 35.5 Å². The van der Waals surface area contributed by atoms with Crippen molar-refractivity contribution < 1.29 is 14.3 Å². The van der Waals surface area contributed by atoms with Gasteiger partial charge in [0, 0.05) is 0 Å². The van der Waals surface area contributed by atoms with Crippen LogP contribution in [0.2, 0.25) is 5.02 Å². The summed E-state index contributed by atoms with van der Waals surface area (Å²) in [6, 6.07) is 22.5. The molecule has 3 nitrogen and oxygen atoms in total. The quantitative estimate of drug-likeness (QED) is 0.391. The second kappa shape index (κ2) is 8.19. The van der Waals surface area contributed by atoms with Gasteiger partial charge in [0.05, 0.1) is 9.50 Å². The summed E-state index contributed by atoms with van der Waals surface area (Å²) in [6.45, 7) is -0.214. The van der Waals surface area contributed by atoms with Crippen LogP contribution in [0.4, 0.5) is 0 Å². The highest BCUT2D eigenvalue weighted by Gasteiger charge is 2.11. The third kappa shape index (κ3) is 4.62. The highest BCUT2D eigenvalue weighted by molar-refractivity contribution is 9.10. The minimum absolute atomic E-state index is 0.214. The fourth-order valence-electron chi connectivity index (χ4n) is 2.24. The molecule has 0 aromatic heterocycles. The standard InChI is InChI=1S/C20H14BrClO3/c21-16-12-15(14-6-2-1-3-7-14)10-11-18(16)24-13-20(23)25-19-9-5-4-8-17(19)22/h1-12H,13H2. The number of ether oxygens (including phenoxy) is 2. The molecular formula is C20H14BrClO3. The van der Waals surface area contributed by atoms with Crippen LogP contribution in [0.25, 0.3) is 11.1 Å². The fraction of sp³-hybridized carbons (Fsp3) is 0.0500. The molecule has 0 heterocycles. The zero-order valence-corrected chi connectivity index (χ0v) is 15.5. The largest absolute Gasteiger partial charge is 0.481 e. The Morgan fingerprint density at radius 2 is 1.60 bits per heavy atom. The van der Waals surface area contributed by atoms with E-state index in [1.165, 1.54) is 0 Å². The van der Waals surface area contributed by atoms with Crippen LogP contribution < -0.4 is 9.47 Å². The van der Waals surface area contributed by atoms with Crippen molar-refractivity contribution in [3.05, 3.63) is 82.3 Å². The molecule has 0 radical (unpaired) electrons. The molecule has 0 bridgehead atoms. The molecule has 0 N–H and O–H groups in total. The van der Waals surface area contributed by atoms with Crippen LogP contribution in [0.15, 0.2) is 77.3 Å². The van der Waals surface area contributed by atoms with Crippen LogP contribution in [-0.4, -0.2) is 12.6 Å². The first kappa shape index (κ1) is 17.5. The lowest BCUT2D eigenvalue weighted by Crippen LogP contribution is -2.18. The number of hydrogen-bond acceptors (Lipinski definition) is 3. The number of esters is 1. The maximum Gasteiger partial charge on any atom is 0.349 e. The number of benzene rings is 3. The van der Waals surface area contributed by atoms with Gasteiger partial charge in [0.2, 0.25) is 0 Å². The summed E-state index contributed by atoms with van der Waals surface area (Å²) in [5, 5.41) is 0.379. The Labute approximate surface area is 159 Å². The molecule has 25 heavy (non-hydrogen) atoms. The Hall–Kier alpha value is -2.30. The molecule has 3 rings (SSSR count). The normalized spacial score (nSPS) is 10.3. The van der Waals surface area contributed by atoms with E-state index in [0.29, 0.717) is 16.5 Å². The van der Waals surface area contributed by atoms with Crippen molar-refractivity contribution in [2.45, 2.75) is 0 Å². The van der Waals surface area contributed by atoms with E-state index in [4.69, 9.17) is 21.1 Å². The molecular weight excluding hydrogens is 404 g/mol. The molecule has 0 spiro atoms. The molecule has 0 aliphatic rings. The summed E-state index contributed by atoms with van der Waals surface area (Å²) in [6.07, 6.45) is 0. The summed E-state index contributed by atoms with van der Waals surface area (Å²) in [5.41, 5.74) is 2.16. The third-order valence-corrected chi connectivity index (χ3v) is 4.38. The second-order valence-corrected chi connectivity index (χ2v) is 6.47. The van der Waals surface area contributed by atoms with Crippen LogP contribution in [0.5, 0.6) is 11.5 Å². The van der Waals surface area contributed by atoms with Gasteiger partial charge in [-0.1, -0.05) is 60.1 Å². The van der Waals surface area contributed by atoms with Crippen molar-refractivity contribution in [1.29, 1.82) is 0 Å². The van der Waals surface area contributed by atoms with Crippen LogP contribution in [0.3, 0.4) is 0 Å². The minimum Gasteiger partial charge on any atom is -0.481 e. The summed E-state index contributed by atoms with van der Waals surface area (Å²) in [7, 11) is 0. The Balaban J connectivity index is 1.63. The zero-order valence-electron chi connectivity index (χ0n) is 13.1. The Kier molecular flexibility index (Phi) is 5.74. The molecule has 0 aliphatic heterocycles. The number of para-hydroxylation sites is 1. The summed E-state index contributed by atoms with van der Waals surface area (Å²) in [4.78, 5) is 11.9. The predicted molar refractivity (Wildman–Crippen MR) is 102 cm³/mol. The number of carbonyl (C=O) groups is 1. The SMILES string of the molecule is O=C(COc1ccc(-c2ccccc2)cc1Br)Oc1ccccc1Cl. The van der Waals surface area contributed by atoms with Gasteiger partial charge in [-0.05, 0) is 51.3 Å². The maximum absolute atomic E-state index is 11.9. The summed E-state index contributed by atoms with van der Waals surface area (Å²) >= 11 is 9.44.